The lowest BCUT2D eigenvalue weighted by atomic mass is 9.85. The first-order chi connectivity index (χ1) is 17.5. The zero-order valence-corrected chi connectivity index (χ0v) is 20.5. The minimum absolute atomic E-state index is 0.123. The molecular formula is C26H26N6O4. The lowest BCUT2D eigenvalue weighted by molar-refractivity contribution is -0.116. The average Bonchev–Trinajstić information content (AvgIpc) is 3.24. The Morgan fingerprint density at radius 3 is 2.61 bits per heavy atom. The molecule has 1 atom stereocenters. The summed E-state index contributed by atoms with van der Waals surface area (Å²) in [6, 6.07) is 13.2. The van der Waals surface area contributed by atoms with E-state index in [1.54, 1.807) is 25.1 Å². The van der Waals surface area contributed by atoms with Crippen LogP contribution in [-0.4, -0.2) is 51.7 Å². The van der Waals surface area contributed by atoms with Gasteiger partial charge in [0.2, 0.25) is 5.91 Å². The van der Waals surface area contributed by atoms with E-state index < -0.39 is 0 Å². The van der Waals surface area contributed by atoms with Gasteiger partial charge in [0.25, 0.3) is 5.95 Å². The summed E-state index contributed by atoms with van der Waals surface area (Å²) in [5.41, 5.74) is 4.08. The van der Waals surface area contributed by atoms with Crippen molar-refractivity contribution in [1.82, 2.24) is 25.0 Å². The number of nitrogens with zero attached hydrogens (tertiary/aromatic N) is 5. The fourth-order valence-electron chi connectivity index (χ4n) is 4.44. The van der Waals surface area contributed by atoms with Crippen molar-refractivity contribution in [3.8, 4) is 34.5 Å². The van der Waals surface area contributed by atoms with Gasteiger partial charge in [-0.05, 0) is 55.8 Å². The predicted molar refractivity (Wildman–Crippen MR) is 133 cm³/mol. The molecular weight excluding hydrogens is 460 g/mol. The molecule has 2 aromatic carbocycles. The second-order valence-corrected chi connectivity index (χ2v) is 8.28. The second kappa shape index (κ2) is 9.65. The molecule has 0 fully saturated rings. The summed E-state index contributed by atoms with van der Waals surface area (Å²) in [6.07, 6.45) is 1.87. The van der Waals surface area contributed by atoms with Gasteiger partial charge < -0.3 is 19.5 Å². The largest absolute Gasteiger partial charge is 0.497 e. The molecule has 0 saturated carbocycles. The number of rotatable bonds is 7. The van der Waals surface area contributed by atoms with Crippen molar-refractivity contribution in [1.29, 1.82) is 0 Å². The van der Waals surface area contributed by atoms with Crippen molar-refractivity contribution in [2.45, 2.75) is 26.2 Å². The highest BCUT2D eigenvalue weighted by Gasteiger charge is 2.33. The van der Waals surface area contributed by atoms with Crippen LogP contribution in [-0.2, 0) is 4.79 Å². The van der Waals surface area contributed by atoms with Crippen LogP contribution in [0.5, 0.6) is 17.2 Å². The molecule has 1 amide bonds. The Labute approximate surface area is 208 Å². The van der Waals surface area contributed by atoms with Gasteiger partial charge in [-0.1, -0.05) is 6.07 Å². The molecule has 10 heteroatoms. The fourth-order valence-corrected chi connectivity index (χ4v) is 4.44. The normalized spacial score (nSPS) is 14.7. The number of anilines is 1. The number of hydrogen-bond acceptors (Lipinski definition) is 8. The van der Waals surface area contributed by atoms with Gasteiger partial charge in [0, 0.05) is 23.5 Å². The van der Waals surface area contributed by atoms with E-state index in [0.717, 1.165) is 28.1 Å². The van der Waals surface area contributed by atoms with Crippen molar-refractivity contribution in [2.24, 2.45) is 0 Å². The van der Waals surface area contributed by atoms with Gasteiger partial charge in [0.05, 0.1) is 38.4 Å². The molecule has 1 aliphatic rings. The van der Waals surface area contributed by atoms with Crippen LogP contribution in [0.1, 0.15) is 36.1 Å². The molecule has 0 aliphatic carbocycles. The van der Waals surface area contributed by atoms with E-state index in [-0.39, 0.29) is 24.2 Å². The van der Waals surface area contributed by atoms with Gasteiger partial charge in [-0.15, -0.1) is 5.10 Å². The number of aryl methyl sites for hydroxylation is 1. The smallest absolute Gasteiger partial charge is 0.272 e. The highest BCUT2D eigenvalue weighted by atomic mass is 16.5. The standard InChI is InChI=1S/C26H26N6O4/c1-5-36-22-12-17(8-11-21(22)35-4)19-13-23(33)29-25-24(19)15(2)31-32(25)26-28-20(14-27-30-26)16-6-9-18(34-3)10-7-16/h6-12,14,19H,5,13H2,1-4H3,(H,29,33)/t19-/m1/s1. The minimum Gasteiger partial charge on any atom is -0.497 e. The van der Waals surface area contributed by atoms with E-state index in [9.17, 15) is 4.79 Å². The third-order valence-corrected chi connectivity index (χ3v) is 6.12. The number of fused-ring (bicyclic) bond motifs is 1. The van der Waals surface area contributed by atoms with E-state index in [1.165, 1.54) is 0 Å². The molecule has 36 heavy (non-hydrogen) atoms. The molecule has 0 saturated heterocycles. The maximum absolute atomic E-state index is 12.8. The van der Waals surface area contributed by atoms with Gasteiger partial charge >= 0.3 is 0 Å². The van der Waals surface area contributed by atoms with Crippen LogP contribution < -0.4 is 19.5 Å². The molecule has 5 rings (SSSR count). The maximum atomic E-state index is 12.8. The molecule has 3 heterocycles. The molecule has 2 aromatic heterocycles. The number of methoxy groups -OCH3 is 2. The van der Waals surface area contributed by atoms with Crippen LogP contribution >= 0.6 is 0 Å². The zero-order chi connectivity index (χ0) is 25.2. The molecule has 0 unspecified atom stereocenters. The Morgan fingerprint density at radius 2 is 1.89 bits per heavy atom. The quantitative estimate of drug-likeness (QED) is 0.418. The Bertz CT molecular complexity index is 1420. The van der Waals surface area contributed by atoms with Crippen molar-refractivity contribution in [3.63, 3.8) is 0 Å². The van der Waals surface area contributed by atoms with E-state index in [2.05, 4.69) is 25.6 Å². The monoisotopic (exact) mass is 486 g/mol. The van der Waals surface area contributed by atoms with E-state index in [0.29, 0.717) is 29.6 Å². The van der Waals surface area contributed by atoms with Gasteiger partial charge in [0.15, 0.2) is 11.5 Å². The van der Waals surface area contributed by atoms with E-state index in [1.807, 2.05) is 56.3 Å². The number of aromatic nitrogens is 5. The van der Waals surface area contributed by atoms with Gasteiger partial charge in [-0.2, -0.15) is 14.9 Å². The summed E-state index contributed by atoms with van der Waals surface area (Å²) in [5, 5.41) is 16.0. The molecule has 184 valence electrons. The molecule has 0 spiro atoms. The Kier molecular flexibility index (Phi) is 6.24. The number of benzene rings is 2. The Balaban J connectivity index is 1.57. The van der Waals surface area contributed by atoms with Crippen LogP contribution in [0.4, 0.5) is 5.82 Å². The Hall–Kier alpha value is -4.47. The number of hydrogen-bond donors (Lipinski definition) is 1. The van der Waals surface area contributed by atoms with Crippen molar-refractivity contribution < 1.29 is 19.0 Å². The first-order valence-corrected chi connectivity index (χ1v) is 11.6. The first-order valence-electron chi connectivity index (χ1n) is 11.6. The van der Waals surface area contributed by atoms with Crippen molar-refractivity contribution in [3.05, 3.63) is 65.5 Å². The van der Waals surface area contributed by atoms with Gasteiger partial charge in [-0.25, -0.2) is 4.98 Å². The van der Waals surface area contributed by atoms with E-state index in [4.69, 9.17) is 14.2 Å². The maximum Gasteiger partial charge on any atom is 0.272 e. The van der Waals surface area contributed by atoms with Crippen LogP contribution in [0.2, 0.25) is 0 Å². The first kappa shape index (κ1) is 23.3. The molecule has 10 nitrogen and oxygen atoms in total. The lowest BCUT2D eigenvalue weighted by Gasteiger charge is -2.25. The van der Waals surface area contributed by atoms with Crippen LogP contribution in [0.15, 0.2) is 48.7 Å². The predicted octanol–water partition coefficient (Wildman–Crippen LogP) is 3.92. The highest BCUT2D eigenvalue weighted by Crippen LogP contribution is 2.42. The van der Waals surface area contributed by atoms with Crippen molar-refractivity contribution >= 4 is 11.7 Å². The highest BCUT2D eigenvalue weighted by molar-refractivity contribution is 5.95. The minimum atomic E-state index is -0.217. The van der Waals surface area contributed by atoms with E-state index >= 15 is 0 Å². The lowest BCUT2D eigenvalue weighted by Crippen LogP contribution is -2.25. The topological polar surface area (TPSA) is 113 Å². The SMILES string of the molecule is CCOc1cc([C@H]2CC(=O)Nc3c2c(C)nn3-c2nncc(-c3ccc(OC)cc3)n2)ccc1OC. The molecule has 0 bridgehead atoms. The Morgan fingerprint density at radius 1 is 1.08 bits per heavy atom. The third kappa shape index (κ3) is 4.21. The van der Waals surface area contributed by atoms with Crippen molar-refractivity contribution in [2.75, 3.05) is 26.1 Å². The molecule has 0 radical (unpaired) electrons. The summed E-state index contributed by atoms with van der Waals surface area (Å²) >= 11 is 0. The summed E-state index contributed by atoms with van der Waals surface area (Å²) in [4.78, 5) is 17.5. The summed E-state index contributed by atoms with van der Waals surface area (Å²) in [5.74, 6) is 2.48. The average molecular weight is 487 g/mol. The van der Waals surface area contributed by atoms with Crippen LogP contribution in [0.3, 0.4) is 0 Å². The third-order valence-electron chi connectivity index (χ3n) is 6.12. The van der Waals surface area contributed by atoms with Gasteiger partial charge in [0.1, 0.15) is 11.6 Å². The molecule has 1 aliphatic heterocycles. The fraction of sp³-hybridized carbons (Fsp3) is 0.269. The van der Waals surface area contributed by atoms with Crippen LogP contribution in [0, 0.1) is 6.92 Å². The zero-order valence-electron chi connectivity index (χ0n) is 20.5. The second-order valence-electron chi connectivity index (χ2n) is 8.28. The number of amides is 1. The number of carbonyl (C=O) groups is 1. The number of carbonyl (C=O) groups excluding carboxylic acids is 1. The molecule has 1 N–H and O–H groups in total. The summed E-state index contributed by atoms with van der Waals surface area (Å²) < 4.78 is 18.0. The summed E-state index contributed by atoms with van der Waals surface area (Å²) in [6.45, 7) is 4.33. The summed E-state index contributed by atoms with van der Waals surface area (Å²) in [7, 11) is 3.22. The molecule has 4 aromatic rings. The van der Waals surface area contributed by atoms with Crippen LogP contribution in [0.25, 0.3) is 17.2 Å². The van der Waals surface area contributed by atoms with Gasteiger partial charge in [-0.3, -0.25) is 4.79 Å². The number of nitrogens with one attached hydrogen (secondary N) is 1. The number of ether oxygens (including phenoxy) is 3.